The van der Waals surface area contributed by atoms with Gasteiger partial charge in [-0.25, -0.2) is 4.98 Å². The number of hydrogen-bond donors (Lipinski definition) is 1. The lowest BCUT2D eigenvalue weighted by Gasteiger charge is -2.19. The quantitative estimate of drug-likeness (QED) is 0.753. The number of thiazole rings is 1. The van der Waals surface area contributed by atoms with Gasteiger partial charge in [-0.2, -0.15) is 0 Å². The van der Waals surface area contributed by atoms with Crippen molar-refractivity contribution >= 4 is 38.8 Å². The van der Waals surface area contributed by atoms with E-state index in [0.29, 0.717) is 0 Å². The first-order valence-electron chi connectivity index (χ1n) is 6.71. The summed E-state index contributed by atoms with van der Waals surface area (Å²) in [6, 6.07) is 11.9. The maximum atomic E-state index is 12.2. The molecule has 0 radical (unpaired) electrons. The van der Waals surface area contributed by atoms with Gasteiger partial charge in [-0.1, -0.05) is 12.1 Å². The summed E-state index contributed by atoms with van der Waals surface area (Å²) in [5, 5.41) is 3.95. The lowest BCUT2D eigenvalue weighted by molar-refractivity contribution is 0.0924. The minimum atomic E-state index is -0.225. The van der Waals surface area contributed by atoms with Crippen LogP contribution in [0.3, 0.4) is 0 Å². The molecule has 0 bridgehead atoms. The molecule has 0 aliphatic carbocycles. The lowest BCUT2D eigenvalue weighted by atomic mass is 10.1. The zero-order chi connectivity index (χ0) is 15.0. The first kappa shape index (κ1) is 14.2. The number of rotatable bonds is 2. The second-order valence-electron chi connectivity index (χ2n) is 5.85. The van der Waals surface area contributed by atoms with Crippen LogP contribution in [-0.2, 0) is 0 Å². The van der Waals surface area contributed by atoms with Gasteiger partial charge in [0.05, 0.1) is 20.0 Å². The number of aromatic nitrogens is 1. The van der Waals surface area contributed by atoms with Crippen LogP contribution in [0.5, 0.6) is 0 Å². The van der Waals surface area contributed by atoms with E-state index in [1.807, 2.05) is 51.1 Å². The molecule has 1 aromatic carbocycles. The van der Waals surface area contributed by atoms with Crippen molar-refractivity contribution in [2.24, 2.45) is 0 Å². The third-order valence-corrected chi connectivity index (χ3v) is 5.11. The molecule has 21 heavy (non-hydrogen) atoms. The third-order valence-electron chi connectivity index (χ3n) is 2.82. The molecule has 5 heteroatoms. The Kier molecular flexibility index (Phi) is 3.55. The molecule has 0 saturated carbocycles. The number of hydrogen-bond acceptors (Lipinski definition) is 4. The summed E-state index contributed by atoms with van der Waals surface area (Å²) < 4.78 is 1.17. The molecule has 3 aromatic rings. The fourth-order valence-corrected chi connectivity index (χ4v) is 3.88. The Morgan fingerprint density at radius 2 is 1.86 bits per heavy atom. The highest BCUT2D eigenvalue weighted by molar-refractivity contribution is 7.26. The third kappa shape index (κ3) is 3.14. The molecule has 0 aliphatic heterocycles. The van der Waals surface area contributed by atoms with Crippen LogP contribution in [0, 0.1) is 0 Å². The van der Waals surface area contributed by atoms with Gasteiger partial charge in [0.2, 0.25) is 0 Å². The summed E-state index contributed by atoms with van der Waals surface area (Å²) in [6.45, 7) is 5.94. The Morgan fingerprint density at radius 1 is 1.10 bits per heavy atom. The Morgan fingerprint density at radius 3 is 2.57 bits per heavy atom. The number of thiophene rings is 1. The molecule has 0 atom stereocenters. The van der Waals surface area contributed by atoms with Gasteiger partial charge in [-0.05, 0) is 45.0 Å². The van der Waals surface area contributed by atoms with E-state index < -0.39 is 0 Å². The van der Waals surface area contributed by atoms with E-state index in [2.05, 4.69) is 16.4 Å². The summed E-state index contributed by atoms with van der Waals surface area (Å²) in [4.78, 5) is 18.5. The second kappa shape index (κ2) is 5.24. The predicted molar refractivity (Wildman–Crippen MR) is 90.2 cm³/mol. The molecule has 1 amide bonds. The molecule has 0 aliphatic rings. The van der Waals surface area contributed by atoms with Crippen molar-refractivity contribution in [2.45, 2.75) is 26.3 Å². The number of fused-ring (bicyclic) bond motifs is 1. The van der Waals surface area contributed by atoms with Crippen LogP contribution in [0.25, 0.3) is 20.1 Å². The van der Waals surface area contributed by atoms with Gasteiger partial charge in [-0.15, -0.1) is 22.7 Å². The first-order valence-corrected chi connectivity index (χ1v) is 8.34. The highest BCUT2D eigenvalue weighted by Gasteiger charge is 2.18. The van der Waals surface area contributed by atoms with Gasteiger partial charge in [0, 0.05) is 5.54 Å². The minimum absolute atomic E-state index is 0.0279. The maximum Gasteiger partial charge on any atom is 0.261 e. The van der Waals surface area contributed by atoms with Crippen LogP contribution >= 0.6 is 22.7 Å². The van der Waals surface area contributed by atoms with Crippen molar-refractivity contribution in [1.82, 2.24) is 10.3 Å². The van der Waals surface area contributed by atoms with E-state index in [9.17, 15) is 4.79 Å². The largest absolute Gasteiger partial charge is 0.347 e. The van der Waals surface area contributed by atoms with Crippen molar-refractivity contribution in [3.05, 3.63) is 41.3 Å². The standard InChI is InChI=1S/C16H16N2OS2/c1-16(2,3)18-14(19)12-8-9-13(20-12)15-17-10-6-4-5-7-11(10)21-15/h4-9H,1-3H3,(H,18,19). The van der Waals surface area contributed by atoms with Crippen LogP contribution in [0.1, 0.15) is 30.4 Å². The van der Waals surface area contributed by atoms with Gasteiger partial charge in [0.1, 0.15) is 5.01 Å². The van der Waals surface area contributed by atoms with E-state index in [4.69, 9.17) is 0 Å². The van der Waals surface area contributed by atoms with Gasteiger partial charge in [-0.3, -0.25) is 4.79 Å². The molecular formula is C16H16N2OS2. The van der Waals surface area contributed by atoms with Crippen LogP contribution in [0.2, 0.25) is 0 Å². The lowest BCUT2D eigenvalue weighted by Crippen LogP contribution is -2.40. The zero-order valence-electron chi connectivity index (χ0n) is 12.1. The Hall–Kier alpha value is -1.72. The second-order valence-corrected chi connectivity index (χ2v) is 7.97. The average molecular weight is 316 g/mol. The molecule has 108 valence electrons. The molecule has 2 aromatic heterocycles. The summed E-state index contributed by atoms with van der Waals surface area (Å²) >= 11 is 3.14. The number of nitrogens with one attached hydrogen (secondary N) is 1. The molecule has 0 saturated heterocycles. The number of carbonyl (C=O) groups is 1. The van der Waals surface area contributed by atoms with Crippen LogP contribution in [0.15, 0.2) is 36.4 Å². The predicted octanol–water partition coefficient (Wildman–Crippen LogP) is 4.55. The molecule has 0 spiro atoms. The van der Waals surface area contributed by atoms with Crippen molar-refractivity contribution in [1.29, 1.82) is 0 Å². The monoisotopic (exact) mass is 316 g/mol. The van der Waals surface area contributed by atoms with Gasteiger partial charge < -0.3 is 5.32 Å². The summed E-state index contributed by atoms with van der Waals surface area (Å²) in [7, 11) is 0. The highest BCUT2D eigenvalue weighted by atomic mass is 32.1. The van der Waals surface area contributed by atoms with Gasteiger partial charge in [0.25, 0.3) is 5.91 Å². The SMILES string of the molecule is CC(C)(C)NC(=O)c1ccc(-c2nc3ccccc3s2)s1. The number of nitrogens with zero attached hydrogens (tertiary/aromatic N) is 1. The van der Waals surface area contributed by atoms with Gasteiger partial charge >= 0.3 is 0 Å². The number of carbonyl (C=O) groups excluding carboxylic acids is 1. The van der Waals surface area contributed by atoms with Crippen molar-refractivity contribution in [3.8, 4) is 9.88 Å². The number of benzene rings is 1. The topological polar surface area (TPSA) is 42.0 Å². The molecule has 2 heterocycles. The van der Waals surface area contributed by atoms with Crippen LogP contribution in [0.4, 0.5) is 0 Å². The Labute approximate surface area is 131 Å². The summed E-state index contributed by atoms with van der Waals surface area (Å²) in [5.74, 6) is -0.0279. The Bertz CT molecular complexity index is 763. The van der Waals surface area contributed by atoms with E-state index in [1.165, 1.54) is 16.0 Å². The summed E-state index contributed by atoms with van der Waals surface area (Å²) in [6.07, 6.45) is 0. The molecule has 3 nitrogen and oxygen atoms in total. The van der Waals surface area contributed by atoms with E-state index in [-0.39, 0.29) is 11.4 Å². The first-order chi connectivity index (χ1) is 9.92. The van der Waals surface area contributed by atoms with E-state index in [0.717, 1.165) is 20.3 Å². The van der Waals surface area contributed by atoms with Crippen molar-refractivity contribution in [2.75, 3.05) is 0 Å². The van der Waals surface area contributed by atoms with Crippen LogP contribution < -0.4 is 5.32 Å². The zero-order valence-corrected chi connectivity index (χ0v) is 13.8. The average Bonchev–Trinajstić information content (AvgIpc) is 3.03. The smallest absolute Gasteiger partial charge is 0.261 e. The van der Waals surface area contributed by atoms with Crippen molar-refractivity contribution in [3.63, 3.8) is 0 Å². The molecule has 0 fully saturated rings. The van der Waals surface area contributed by atoms with Crippen molar-refractivity contribution < 1.29 is 4.79 Å². The number of para-hydroxylation sites is 1. The fraction of sp³-hybridized carbons (Fsp3) is 0.250. The fourth-order valence-electron chi connectivity index (χ4n) is 1.95. The molecule has 3 rings (SSSR count). The van der Waals surface area contributed by atoms with Gasteiger partial charge in [0.15, 0.2) is 0 Å². The highest BCUT2D eigenvalue weighted by Crippen LogP contribution is 2.34. The molecular weight excluding hydrogens is 300 g/mol. The van der Waals surface area contributed by atoms with E-state index in [1.54, 1.807) is 11.3 Å². The minimum Gasteiger partial charge on any atom is -0.347 e. The summed E-state index contributed by atoms with van der Waals surface area (Å²) in [5.41, 5.74) is 0.781. The normalized spacial score (nSPS) is 11.8. The molecule has 1 N–H and O–H groups in total. The number of amides is 1. The Balaban J connectivity index is 1.89. The van der Waals surface area contributed by atoms with Crippen LogP contribution in [-0.4, -0.2) is 16.4 Å². The maximum absolute atomic E-state index is 12.2. The van der Waals surface area contributed by atoms with E-state index >= 15 is 0 Å². The molecule has 0 unspecified atom stereocenters.